The van der Waals surface area contributed by atoms with Gasteiger partial charge in [-0.15, -0.1) is 0 Å². The van der Waals surface area contributed by atoms with Gasteiger partial charge in [0.25, 0.3) is 0 Å². The van der Waals surface area contributed by atoms with E-state index in [0.717, 1.165) is 56.1 Å². The van der Waals surface area contributed by atoms with Gasteiger partial charge < -0.3 is 20.3 Å². The van der Waals surface area contributed by atoms with Crippen LogP contribution in [0.1, 0.15) is 18.4 Å². The normalized spacial score (nSPS) is 14.0. The van der Waals surface area contributed by atoms with Gasteiger partial charge in [-0.3, -0.25) is 4.79 Å². The van der Waals surface area contributed by atoms with E-state index in [1.165, 1.54) is 5.56 Å². The molecule has 4 rings (SSSR count). The van der Waals surface area contributed by atoms with Gasteiger partial charge in [0.15, 0.2) is 0 Å². The summed E-state index contributed by atoms with van der Waals surface area (Å²) in [6.07, 6.45) is 2.85. The van der Waals surface area contributed by atoms with Gasteiger partial charge in [-0.1, -0.05) is 48.5 Å². The summed E-state index contributed by atoms with van der Waals surface area (Å²) in [6.45, 7) is 3.04. The quantitative estimate of drug-likeness (QED) is 0.530. The second kappa shape index (κ2) is 11.3. The molecule has 1 fully saturated rings. The van der Waals surface area contributed by atoms with Gasteiger partial charge in [0.1, 0.15) is 11.5 Å². The average molecular weight is 430 g/mol. The summed E-state index contributed by atoms with van der Waals surface area (Å²) < 4.78 is 5.92. The van der Waals surface area contributed by atoms with Crippen molar-refractivity contribution in [3.8, 4) is 11.5 Å². The predicted octanol–water partition coefficient (Wildman–Crippen LogP) is 4.40. The molecule has 3 aromatic rings. The fourth-order valence-corrected chi connectivity index (χ4v) is 3.97. The number of ether oxygens (including phenoxy) is 1. The van der Waals surface area contributed by atoms with Crippen LogP contribution in [0.4, 0.5) is 5.69 Å². The Kier molecular flexibility index (Phi) is 7.77. The van der Waals surface area contributed by atoms with Crippen molar-refractivity contribution in [3.05, 3.63) is 90.5 Å². The fraction of sp³-hybridized carbons (Fsp3) is 0.296. The minimum Gasteiger partial charge on any atom is -0.457 e. The number of benzene rings is 3. The van der Waals surface area contributed by atoms with Crippen molar-refractivity contribution in [3.63, 3.8) is 0 Å². The highest BCUT2D eigenvalue weighted by atomic mass is 16.5. The lowest BCUT2D eigenvalue weighted by atomic mass is 10.1. The van der Waals surface area contributed by atoms with Gasteiger partial charge in [-0.25, -0.2) is 0 Å². The minimum atomic E-state index is 0.0783. The van der Waals surface area contributed by atoms with Gasteiger partial charge in [0.05, 0.1) is 6.54 Å². The van der Waals surface area contributed by atoms with E-state index in [1.807, 2.05) is 60.7 Å². The number of nitrogens with zero attached hydrogens (tertiary/aromatic N) is 1. The standard InChI is InChI=1S/C27H31N3O2/c31-27(29-23-15-18-28-19-16-23)21-30(20-17-22-7-3-1-4-8-22)24-11-13-26(14-12-24)32-25-9-5-2-6-10-25/h1-14,23,28H,15-21H2,(H,29,31). The third kappa shape index (κ3) is 6.59. The predicted molar refractivity (Wildman–Crippen MR) is 129 cm³/mol. The first-order chi connectivity index (χ1) is 15.8. The first kappa shape index (κ1) is 21.9. The number of hydrogen-bond donors (Lipinski definition) is 2. The van der Waals surface area contributed by atoms with Crippen LogP contribution in [-0.4, -0.2) is 38.1 Å². The van der Waals surface area contributed by atoms with E-state index >= 15 is 0 Å². The summed E-state index contributed by atoms with van der Waals surface area (Å²) in [4.78, 5) is 15.0. The maximum atomic E-state index is 12.8. The molecule has 166 valence electrons. The monoisotopic (exact) mass is 429 g/mol. The number of amides is 1. The maximum Gasteiger partial charge on any atom is 0.239 e. The number of piperidine rings is 1. The van der Waals surface area contributed by atoms with Gasteiger partial charge >= 0.3 is 0 Å². The zero-order chi connectivity index (χ0) is 22.0. The van der Waals surface area contributed by atoms with Crippen LogP contribution in [0.3, 0.4) is 0 Å². The van der Waals surface area contributed by atoms with Crippen molar-refractivity contribution in [2.45, 2.75) is 25.3 Å². The maximum absolute atomic E-state index is 12.8. The molecule has 32 heavy (non-hydrogen) atoms. The molecule has 0 aliphatic carbocycles. The van der Waals surface area contributed by atoms with E-state index in [0.29, 0.717) is 6.54 Å². The van der Waals surface area contributed by atoms with E-state index in [-0.39, 0.29) is 11.9 Å². The Labute approximate surface area is 190 Å². The van der Waals surface area contributed by atoms with Crippen molar-refractivity contribution in [1.29, 1.82) is 0 Å². The van der Waals surface area contributed by atoms with E-state index < -0.39 is 0 Å². The molecule has 1 aliphatic heterocycles. The molecule has 1 heterocycles. The van der Waals surface area contributed by atoms with Crippen LogP contribution in [0.5, 0.6) is 11.5 Å². The average Bonchev–Trinajstić information content (AvgIpc) is 2.84. The molecule has 1 aliphatic rings. The highest BCUT2D eigenvalue weighted by molar-refractivity contribution is 5.81. The third-order valence-electron chi connectivity index (χ3n) is 5.73. The van der Waals surface area contributed by atoms with Crippen molar-refractivity contribution in [2.75, 3.05) is 31.1 Å². The zero-order valence-electron chi connectivity index (χ0n) is 18.4. The molecule has 0 saturated carbocycles. The van der Waals surface area contributed by atoms with Crippen LogP contribution < -0.4 is 20.3 Å². The molecule has 2 N–H and O–H groups in total. The number of carbonyl (C=O) groups excluding carboxylic acids is 1. The Hall–Kier alpha value is -3.31. The van der Waals surface area contributed by atoms with Crippen LogP contribution in [0.15, 0.2) is 84.9 Å². The molecular weight excluding hydrogens is 398 g/mol. The van der Waals surface area contributed by atoms with Crippen molar-refractivity contribution in [1.82, 2.24) is 10.6 Å². The molecule has 0 bridgehead atoms. The number of rotatable bonds is 9. The topological polar surface area (TPSA) is 53.6 Å². The molecule has 0 aromatic heterocycles. The van der Waals surface area contributed by atoms with E-state index in [1.54, 1.807) is 0 Å². The van der Waals surface area contributed by atoms with Crippen molar-refractivity contribution < 1.29 is 9.53 Å². The number of para-hydroxylation sites is 1. The van der Waals surface area contributed by atoms with Crippen LogP contribution in [0.2, 0.25) is 0 Å². The van der Waals surface area contributed by atoms with Gasteiger partial charge in [0, 0.05) is 18.3 Å². The molecular formula is C27H31N3O2. The Morgan fingerprint density at radius 3 is 2.19 bits per heavy atom. The van der Waals surface area contributed by atoms with Crippen LogP contribution in [-0.2, 0) is 11.2 Å². The van der Waals surface area contributed by atoms with Gasteiger partial charge in [0.2, 0.25) is 5.91 Å². The zero-order valence-corrected chi connectivity index (χ0v) is 18.4. The van der Waals surface area contributed by atoms with Crippen LogP contribution >= 0.6 is 0 Å². The molecule has 5 nitrogen and oxygen atoms in total. The number of nitrogens with one attached hydrogen (secondary N) is 2. The summed E-state index contributed by atoms with van der Waals surface area (Å²) >= 11 is 0. The lowest BCUT2D eigenvalue weighted by Crippen LogP contribution is -2.46. The van der Waals surface area contributed by atoms with E-state index in [2.05, 4.69) is 39.8 Å². The summed E-state index contributed by atoms with van der Waals surface area (Å²) in [5.41, 5.74) is 2.28. The van der Waals surface area contributed by atoms with Crippen molar-refractivity contribution >= 4 is 11.6 Å². The van der Waals surface area contributed by atoms with Crippen LogP contribution in [0, 0.1) is 0 Å². The summed E-state index contributed by atoms with van der Waals surface area (Å²) in [5, 5.41) is 6.56. The molecule has 0 spiro atoms. The largest absolute Gasteiger partial charge is 0.457 e. The molecule has 3 aromatic carbocycles. The van der Waals surface area contributed by atoms with Gasteiger partial charge in [-0.05, 0) is 74.3 Å². The van der Waals surface area contributed by atoms with E-state index in [9.17, 15) is 4.79 Å². The second-order valence-corrected chi connectivity index (χ2v) is 8.16. The summed E-state index contributed by atoms with van der Waals surface area (Å²) in [7, 11) is 0. The first-order valence-corrected chi connectivity index (χ1v) is 11.4. The lowest BCUT2D eigenvalue weighted by Gasteiger charge is -2.28. The molecule has 1 amide bonds. The summed E-state index contributed by atoms with van der Waals surface area (Å²) in [6, 6.07) is 28.4. The highest BCUT2D eigenvalue weighted by Gasteiger charge is 2.18. The van der Waals surface area contributed by atoms with Crippen molar-refractivity contribution in [2.24, 2.45) is 0 Å². The molecule has 5 heteroatoms. The number of carbonyl (C=O) groups is 1. The Morgan fingerprint density at radius 1 is 0.875 bits per heavy atom. The second-order valence-electron chi connectivity index (χ2n) is 8.16. The lowest BCUT2D eigenvalue weighted by molar-refractivity contribution is -0.120. The molecule has 1 saturated heterocycles. The highest BCUT2D eigenvalue weighted by Crippen LogP contribution is 2.24. The number of anilines is 1. The third-order valence-corrected chi connectivity index (χ3v) is 5.73. The molecule has 0 atom stereocenters. The minimum absolute atomic E-state index is 0.0783. The Balaban J connectivity index is 1.42. The van der Waals surface area contributed by atoms with Crippen LogP contribution in [0.25, 0.3) is 0 Å². The smallest absolute Gasteiger partial charge is 0.239 e. The Bertz CT molecular complexity index is 955. The van der Waals surface area contributed by atoms with Gasteiger partial charge in [-0.2, -0.15) is 0 Å². The fourth-order valence-electron chi connectivity index (χ4n) is 3.97. The number of hydrogen-bond acceptors (Lipinski definition) is 4. The Morgan fingerprint density at radius 2 is 1.50 bits per heavy atom. The van der Waals surface area contributed by atoms with E-state index in [4.69, 9.17) is 4.74 Å². The SMILES string of the molecule is O=C(CN(CCc1ccccc1)c1ccc(Oc2ccccc2)cc1)NC1CCNCC1. The molecule has 0 unspecified atom stereocenters. The molecule has 0 radical (unpaired) electrons. The first-order valence-electron chi connectivity index (χ1n) is 11.4. The summed E-state index contributed by atoms with van der Waals surface area (Å²) in [5.74, 6) is 1.67.